The number of hydrogen-bond donors (Lipinski definition) is 0. The molecule has 7 nitrogen and oxygen atoms in total. The number of ether oxygens (including phenoxy) is 1. The summed E-state index contributed by atoms with van der Waals surface area (Å²) in [5.74, 6) is 1.92. The van der Waals surface area contributed by atoms with Crippen molar-refractivity contribution in [1.29, 1.82) is 0 Å². The third-order valence-electron chi connectivity index (χ3n) is 4.59. The maximum Gasteiger partial charge on any atom is 0.163 e. The summed E-state index contributed by atoms with van der Waals surface area (Å²) in [6.45, 7) is 6.36. The Kier molecular flexibility index (Phi) is 4.13. The van der Waals surface area contributed by atoms with Crippen molar-refractivity contribution in [1.82, 2.24) is 19.7 Å². The Morgan fingerprint density at radius 2 is 1.80 bits per heavy atom. The van der Waals surface area contributed by atoms with Crippen LogP contribution in [-0.4, -0.2) is 52.5 Å². The van der Waals surface area contributed by atoms with E-state index in [1.54, 1.807) is 11.0 Å². The van der Waals surface area contributed by atoms with Gasteiger partial charge < -0.3 is 14.5 Å². The molecule has 25 heavy (non-hydrogen) atoms. The molecule has 3 heterocycles. The molecule has 1 aliphatic heterocycles. The quantitative estimate of drug-likeness (QED) is 0.726. The molecule has 0 amide bonds. The van der Waals surface area contributed by atoms with E-state index >= 15 is 0 Å². The third-order valence-corrected chi connectivity index (χ3v) is 4.59. The summed E-state index contributed by atoms with van der Waals surface area (Å²) in [4.78, 5) is 13.5. The topological polar surface area (TPSA) is 59.3 Å². The van der Waals surface area contributed by atoms with Gasteiger partial charge in [-0.15, -0.1) is 0 Å². The number of fused-ring (bicyclic) bond motifs is 1. The molecule has 0 radical (unpaired) electrons. The number of hydrogen-bond acceptors (Lipinski definition) is 6. The lowest BCUT2D eigenvalue weighted by Crippen LogP contribution is -2.47. The number of anilines is 2. The predicted molar refractivity (Wildman–Crippen MR) is 98.3 cm³/mol. The molecule has 1 saturated heterocycles. The van der Waals surface area contributed by atoms with Crippen LogP contribution in [0.3, 0.4) is 0 Å². The van der Waals surface area contributed by atoms with E-state index in [1.807, 2.05) is 32.3 Å². The van der Waals surface area contributed by atoms with E-state index in [4.69, 9.17) is 4.74 Å². The van der Waals surface area contributed by atoms with Crippen LogP contribution in [0.5, 0.6) is 5.75 Å². The fraction of sp³-hybridized carbons (Fsp3) is 0.389. The van der Waals surface area contributed by atoms with E-state index in [-0.39, 0.29) is 0 Å². The van der Waals surface area contributed by atoms with Gasteiger partial charge in [0.2, 0.25) is 0 Å². The Morgan fingerprint density at radius 3 is 2.60 bits per heavy atom. The second kappa shape index (κ2) is 6.58. The van der Waals surface area contributed by atoms with Crippen molar-refractivity contribution < 1.29 is 4.74 Å². The number of aryl methyl sites for hydroxylation is 1. The van der Waals surface area contributed by atoms with Crippen molar-refractivity contribution in [2.75, 3.05) is 42.6 Å². The van der Waals surface area contributed by atoms with Gasteiger partial charge in [0.1, 0.15) is 17.9 Å². The van der Waals surface area contributed by atoms with Crippen molar-refractivity contribution in [3.63, 3.8) is 0 Å². The van der Waals surface area contributed by atoms with Crippen LogP contribution >= 0.6 is 0 Å². The molecular weight excluding hydrogens is 316 g/mol. The van der Waals surface area contributed by atoms with Crippen molar-refractivity contribution in [2.45, 2.75) is 6.92 Å². The average Bonchev–Trinajstić information content (AvgIpc) is 3.04. The Balaban J connectivity index is 1.54. The fourth-order valence-corrected chi connectivity index (χ4v) is 3.36. The summed E-state index contributed by atoms with van der Waals surface area (Å²) in [5.41, 5.74) is 2.03. The number of para-hydroxylation sites is 2. The minimum atomic E-state index is 0.677. The van der Waals surface area contributed by atoms with Gasteiger partial charge in [0.05, 0.1) is 23.9 Å². The first-order valence-electron chi connectivity index (χ1n) is 8.62. The van der Waals surface area contributed by atoms with Crippen LogP contribution in [0.4, 0.5) is 11.5 Å². The molecule has 0 saturated carbocycles. The predicted octanol–water partition coefficient (Wildman–Crippen LogP) is 2.09. The standard InChI is InChI=1S/C18H22N6O/c1-3-25-16-7-5-4-6-15(16)23-8-10-24(11-9-23)18-14-12-21-22(2)17(14)19-13-20-18/h4-7,12-13H,3,8-11H2,1-2H3. The smallest absolute Gasteiger partial charge is 0.163 e. The molecule has 0 atom stereocenters. The largest absolute Gasteiger partial charge is 0.492 e. The van der Waals surface area contributed by atoms with Crippen molar-refractivity contribution >= 4 is 22.5 Å². The van der Waals surface area contributed by atoms with Gasteiger partial charge in [-0.3, -0.25) is 4.68 Å². The van der Waals surface area contributed by atoms with Crippen LogP contribution < -0.4 is 14.5 Å². The van der Waals surface area contributed by atoms with Crippen LogP contribution in [0, 0.1) is 0 Å². The zero-order valence-corrected chi connectivity index (χ0v) is 14.6. The minimum absolute atomic E-state index is 0.677. The maximum absolute atomic E-state index is 5.78. The monoisotopic (exact) mass is 338 g/mol. The Bertz CT molecular complexity index is 869. The number of aromatic nitrogens is 4. The molecule has 1 fully saturated rings. The van der Waals surface area contributed by atoms with E-state index in [2.05, 4.69) is 37.0 Å². The molecule has 0 spiro atoms. The first-order valence-corrected chi connectivity index (χ1v) is 8.62. The van der Waals surface area contributed by atoms with Gasteiger partial charge in [-0.25, -0.2) is 9.97 Å². The molecule has 3 aromatic rings. The van der Waals surface area contributed by atoms with Gasteiger partial charge in [-0.1, -0.05) is 12.1 Å². The molecule has 0 unspecified atom stereocenters. The summed E-state index contributed by atoms with van der Waals surface area (Å²) in [5, 5.41) is 5.31. The molecule has 0 aliphatic carbocycles. The molecule has 0 N–H and O–H groups in total. The Hall–Kier alpha value is -2.83. The average molecular weight is 338 g/mol. The third kappa shape index (κ3) is 2.86. The number of nitrogens with zero attached hydrogens (tertiary/aromatic N) is 6. The van der Waals surface area contributed by atoms with Crippen LogP contribution in [0.2, 0.25) is 0 Å². The summed E-state index contributed by atoms with van der Waals surface area (Å²) in [7, 11) is 1.90. The van der Waals surface area contributed by atoms with Gasteiger partial charge in [0, 0.05) is 33.2 Å². The zero-order valence-electron chi connectivity index (χ0n) is 14.6. The summed E-state index contributed by atoms with van der Waals surface area (Å²) >= 11 is 0. The number of benzene rings is 1. The van der Waals surface area contributed by atoms with Crippen molar-refractivity contribution in [2.24, 2.45) is 7.05 Å². The van der Waals surface area contributed by atoms with Crippen LogP contribution in [0.15, 0.2) is 36.8 Å². The highest BCUT2D eigenvalue weighted by atomic mass is 16.5. The van der Waals surface area contributed by atoms with Gasteiger partial charge in [0.15, 0.2) is 5.65 Å². The fourth-order valence-electron chi connectivity index (χ4n) is 3.36. The molecule has 7 heteroatoms. The molecule has 130 valence electrons. The number of piperazine rings is 1. The Labute approximate surface area is 146 Å². The van der Waals surface area contributed by atoms with E-state index in [0.29, 0.717) is 6.61 Å². The molecule has 1 aliphatic rings. The normalized spacial score (nSPS) is 15.0. The van der Waals surface area contributed by atoms with Crippen LogP contribution in [0.25, 0.3) is 11.0 Å². The van der Waals surface area contributed by atoms with E-state index in [0.717, 1.165) is 48.8 Å². The summed E-state index contributed by atoms with van der Waals surface area (Å²) < 4.78 is 7.56. The van der Waals surface area contributed by atoms with Gasteiger partial charge >= 0.3 is 0 Å². The minimum Gasteiger partial charge on any atom is -0.492 e. The zero-order chi connectivity index (χ0) is 17.2. The summed E-state index contributed by atoms with van der Waals surface area (Å²) in [6, 6.07) is 8.25. The van der Waals surface area contributed by atoms with Crippen molar-refractivity contribution in [3.05, 3.63) is 36.8 Å². The molecule has 1 aromatic carbocycles. The number of rotatable bonds is 4. The van der Waals surface area contributed by atoms with E-state index in [9.17, 15) is 0 Å². The first kappa shape index (κ1) is 15.7. The molecule has 2 aromatic heterocycles. The lowest BCUT2D eigenvalue weighted by Gasteiger charge is -2.37. The lowest BCUT2D eigenvalue weighted by molar-refractivity contribution is 0.340. The summed E-state index contributed by atoms with van der Waals surface area (Å²) in [6.07, 6.45) is 3.47. The molecule has 0 bridgehead atoms. The van der Waals surface area contributed by atoms with E-state index < -0.39 is 0 Å². The SMILES string of the molecule is CCOc1ccccc1N1CCN(c2ncnc3c2cnn3C)CC1. The maximum atomic E-state index is 5.78. The highest BCUT2D eigenvalue weighted by Crippen LogP contribution is 2.30. The highest BCUT2D eigenvalue weighted by molar-refractivity contribution is 5.86. The van der Waals surface area contributed by atoms with Crippen LogP contribution in [-0.2, 0) is 7.05 Å². The van der Waals surface area contributed by atoms with E-state index in [1.165, 1.54) is 5.69 Å². The molecule has 4 rings (SSSR count). The first-order chi connectivity index (χ1) is 12.3. The Morgan fingerprint density at radius 1 is 1.04 bits per heavy atom. The van der Waals surface area contributed by atoms with Gasteiger partial charge in [-0.2, -0.15) is 5.10 Å². The van der Waals surface area contributed by atoms with Crippen molar-refractivity contribution in [3.8, 4) is 5.75 Å². The van der Waals surface area contributed by atoms with Gasteiger partial charge in [-0.05, 0) is 19.1 Å². The van der Waals surface area contributed by atoms with Crippen LogP contribution in [0.1, 0.15) is 6.92 Å². The highest BCUT2D eigenvalue weighted by Gasteiger charge is 2.22. The second-order valence-corrected chi connectivity index (χ2v) is 6.08. The molecular formula is C18H22N6O. The van der Waals surface area contributed by atoms with Gasteiger partial charge in [0.25, 0.3) is 0 Å². The lowest BCUT2D eigenvalue weighted by atomic mass is 10.2. The second-order valence-electron chi connectivity index (χ2n) is 6.08.